The molecule has 1 N–H and O–H groups in total. The number of aromatic nitrogens is 2. The second-order valence-electron chi connectivity index (χ2n) is 5.98. The van der Waals surface area contributed by atoms with Crippen LogP contribution in [0.3, 0.4) is 0 Å². The molecule has 0 aliphatic carbocycles. The molecular formula is C15H26N4. The Morgan fingerprint density at radius 1 is 1.37 bits per heavy atom. The molecule has 1 aliphatic rings. The van der Waals surface area contributed by atoms with Gasteiger partial charge in [-0.2, -0.15) is 0 Å². The number of nitrogens with zero attached hydrogens (tertiary/aromatic N) is 3. The second-order valence-corrected chi connectivity index (χ2v) is 5.98. The SMILES string of the molecule is Cc1ccnc(N2CCC(CNCC(C)C)CC2)n1. The number of hydrogen-bond donors (Lipinski definition) is 1. The molecular weight excluding hydrogens is 236 g/mol. The molecule has 0 amide bonds. The van der Waals surface area contributed by atoms with E-state index >= 15 is 0 Å². The van der Waals surface area contributed by atoms with E-state index in [-0.39, 0.29) is 0 Å². The summed E-state index contributed by atoms with van der Waals surface area (Å²) < 4.78 is 0. The van der Waals surface area contributed by atoms with Gasteiger partial charge in [0.25, 0.3) is 0 Å². The van der Waals surface area contributed by atoms with Crippen LogP contribution in [0.15, 0.2) is 12.3 Å². The second kappa shape index (κ2) is 6.85. The lowest BCUT2D eigenvalue weighted by Gasteiger charge is -2.32. The number of anilines is 1. The van der Waals surface area contributed by atoms with Gasteiger partial charge in [-0.1, -0.05) is 13.8 Å². The lowest BCUT2D eigenvalue weighted by molar-refractivity contribution is 0.372. The largest absolute Gasteiger partial charge is 0.341 e. The maximum absolute atomic E-state index is 4.51. The Bertz CT molecular complexity index is 383. The molecule has 2 rings (SSSR count). The fourth-order valence-electron chi connectivity index (χ4n) is 2.50. The molecule has 0 unspecified atom stereocenters. The molecule has 0 aromatic carbocycles. The van der Waals surface area contributed by atoms with Crippen LogP contribution in [0, 0.1) is 18.8 Å². The fourth-order valence-corrected chi connectivity index (χ4v) is 2.50. The standard InChI is InChI=1S/C15H26N4/c1-12(2)10-16-11-14-5-8-19(9-6-14)15-17-7-4-13(3)18-15/h4,7,12,14,16H,5-6,8-11H2,1-3H3. The molecule has 1 aromatic rings. The Morgan fingerprint density at radius 3 is 2.74 bits per heavy atom. The highest BCUT2D eigenvalue weighted by molar-refractivity contribution is 5.30. The highest BCUT2D eigenvalue weighted by Gasteiger charge is 2.20. The molecule has 0 atom stereocenters. The van der Waals surface area contributed by atoms with E-state index in [0.29, 0.717) is 0 Å². The van der Waals surface area contributed by atoms with E-state index in [2.05, 4.69) is 34.0 Å². The van der Waals surface area contributed by atoms with Gasteiger partial charge in [0.15, 0.2) is 0 Å². The molecule has 0 saturated carbocycles. The van der Waals surface area contributed by atoms with Crippen molar-refractivity contribution < 1.29 is 0 Å². The van der Waals surface area contributed by atoms with E-state index in [0.717, 1.165) is 49.7 Å². The van der Waals surface area contributed by atoms with Gasteiger partial charge in [-0.05, 0) is 50.8 Å². The van der Waals surface area contributed by atoms with Gasteiger partial charge in [-0.15, -0.1) is 0 Å². The van der Waals surface area contributed by atoms with Crippen molar-refractivity contribution in [1.29, 1.82) is 0 Å². The third-order valence-electron chi connectivity index (χ3n) is 3.67. The number of piperidine rings is 1. The summed E-state index contributed by atoms with van der Waals surface area (Å²) in [7, 11) is 0. The van der Waals surface area contributed by atoms with E-state index in [4.69, 9.17) is 0 Å². The average molecular weight is 262 g/mol. The number of nitrogens with one attached hydrogen (secondary N) is 1. The lowest BCUT2D eigenvalue weighted by Crippen LogP contribution is -2.38. The Kier molecular flexibility index (Phi) is 5.14. The molecule has 19 heavy (non-hydrogen) atoms. The van der Waals surface area contributed by atoms with Crippen molar-refractivity contribution in [3.63, 3.8) is 0 Å². The van der Waals surface area contributed by atoms with Crippen LogP contribution in [0.1, 0.15) is 32.4 Å². The van der Waals surface area contributed by atoms with Crippen LogP contribution < -0.4 is 10.2 Å². The van der Waals surface area contributed by atoms with Crippen LogP contribution >= 0.6 is 0 Å². The molecule has 0 bridgehead atoms. The van der Waals surface area contributed by atoms with Crippen molar-refractivity contribution in [3.8, 4) is 0 Å². The molecule has 0 spiro atoms. The maximum Gasteiger partial charge on any atom is 0.225 e. The third kappa shape index (κ3) is 4.46. The first-order valence-corrected chi connectivity index (χ1v) is 7.40. The zero-order valence-corrected chi connectivity index (χ0v) is 12.4. The van der Waals surface area contributed by atoms with E-state index < -0.39 is 0 Å². The summed E-state index contributed by atoms with van der Waals surface area (Å²) >= 11 is 0. The predicted octanol–water partition coefficient (Wildman–Crippen LogP) is 2.25. The van der Waals surface area contributed by atoms with Gasteiger partial charge < -0.3 is 10.2 Å². The quantitative estimate of drug-likeness (QED) is 0.883. The zero-order valence-electron chi connectivity index (χ0n) is 12.4. The highest BCUT2D eigenvalue weighted by Crippen LogP contribution is 2.20. The molecule has 2 heterocycles. The van der Waals surface area contributed by atoms with Gasteiger partial charge in [0.1, 0.15) is 0 Å². The Morgan fingerprint density at radius 2 is 2.11 bits per heavy atom. The Labute approximate surface area is 116 Å². The first-order chi connectivity index (χ1) is 9.15. The fraction of sp³-hybridized carbons (Fsp3) is 0.733. The predicted molar refractivity (Wildman–Crippen MR) is 79.4 cm³/mol. The molecule has 4 nitrogen and oxygen atoms in total. The molecule has 1 aromatic heterocycles. The minimum Gasteiger partial charge on any atom is -0.341 e. The van der Waals surface area contributed by atoms with Gasteiger partial charge in [0.2, 0.25) is 5.95 Å². The highest BCUT2D eigenvalue weighted by atomic mass is 15.2. The van der Waals surface area contributed by atoms with Crippen molar-refractivity contribution >= 4 is 5.95 Å². The minimum absolute atomic E-state index is 0.737. The third-order valence-corrected chi connectivity index (χ3v) is 3.67. The van der Waals surface area contributed by atoms with Crippen LogP contribution in [0.5, 0.6) is 0 Å². The van der Waals surface area contributed by atoms with E-state index in [1.165, 1.54) is 12.8 Å². The van der Waals surface area contributed by atoms with Crippen molar-refractivity contribution in [2.75, 3.05) is 31.1 Å². The summed E-state index contributed by atoms with van der Waals surface area (Å²) in [5, 5.41) is 3.57. The van der Waals surface area contributed by atoms with Crippen molar-refractivity contribution in [2.45, 2.75) is 33.6 Å². The normalized spacial score (nSPS) is 17.2. The van der Waals surface area contributed by atoms with Gasteiger partial charge in [-0.25, -0.2) is 9.97 Å². The average Bonchev–Trinajstić information content (AvgIpc) is 2.39. The van der Waals surface area contributed by atoms with Crippen LogP contribution in [-0.4, -0.2) is 36.1 Å². The van der Waals surface area contributed by atoms with Crippen molar-refractivity contribution in [1.82, 2.24) is 15.3 Å². The summed E-state index contributed by atoms with van der Waals surface area (Å²) in [4.78, 5) is 11.2. The summed E-state index contributed by atoms with van der Waals surface area (Å²) in [5.41, 5.74) is 1.05. The zero-order chi connectivity index (χ0) is 13.7. The smallest absolute Gasteiger partial charge is 0.225 e. The summed E-state index contributed by atoms with van der Waals surface area (Å²) in [6.07, 6.45) is 4.33. The van der Waals surface area contributed by atoms with Crippen LogP contribution in [0.4, 0.5) is 5.95 Å². The van der Waals surface area contributed by atoms with E-state index in [1.54, 1.807) is 0 Å². The molecule has 4 heteroatoms. The number of rotatable bonds is 5. The lowest BCUT2D eigenvalue weighted by atomic mass is 9.97. The molecule has 106 valence electrons. The van der Waals surface area contributed by atoms with Crippen LogP contribution in [-0.2, 0) is 0 Å². The van der Waals surface area contributed by atoms with Gasteiger partial charge in [0, 0.05) is 25.0 Å². The van der Waals surface area contributed by atoms with Gasteiger partial charge >= 0.3 is 0 Å². The number of hydrogen-bond acceptors (Lipinski definition) is 4. The summed E-state index contributed by atoms with van der Waals surface area (Å²) in [6, 6.07) is 1.95. The Balaban J connectivity index is 1.76. The van der Waals surface area contributed by atoms with Crippen LogP contribution in [0.2, 0.25) is 0 Å². The molecule has 1 aliphatic heterocycles. The van der Waals surface area contributed by atoms with Gasteiger partial charge in [0.05, 0.1) is 0 Å². The molecule has 1 saturated heterocycles. The van der Waals surface area contributed by atoms with E-state index in [9.17, 15) is 0 Å². The number of aryl methyl sites for hydroxylation is 1. The van der Waals surface area contributed by atoms with Crippen molar-refractivity contribution in [3.05, 3.63) is 18.0 Å². The van der Waals surface area contributed by atoms with Gasteiger partial charge in [-0.3, -0.25) is 0 Å². The first kappa shape index (κ1) is 14.3. The minimum atomic E-state index is 0.737. The van der Waals surface area contributed by atoms with Crippen LogP contribution in [0.25, 0.3) is 0 Å². The topological polar surface area (TPSA) is 41.1 Å². The first-order valence-electron chi connectivity index (χ1n) is 7.40. The Hall–Kier alpha value is -1.16. The molecule has 0 radical (unpaired) electrons. The summed E-state index contributed by atoms with van der Waals surface area (Å²) in [6.45, 7) is 11.0. The van der Waals surface area contributed by atoms with Crippen molar-refractivity contribution in [2.24, 2.45) is 11.8 Å². The van der Waals surface area contributed by atoms with E-state index in [1.807, 2.05) is 19.2 Å². The molecule has 1 fully saturated rings. The monoisotopic (exact) mass is 262 g/mol. The maximum atomic E-state index is 4.51. The summed E-state index contributed by atoms with van der Waals surface area (Å²) in [5.74, 6) is 2.44.